The molecule has 4 rings (SSSR count). The highest BCUT2D eigenvalue weighted by molar-refractivity contribution is 5.94. The van der Waals surface area contributed by atoms with E-state index >= 15 is 0 Å². The van der Waals surface area contributed by atoms with Crippen molar-refractivity contribution >= 4 is 11.9 Å². The minimum absolute atomic E-state index is 0.0885. The Bertz CT molecular complexity index is 1050. The summed E-state index contributed by atoms with van der Waals surface area (Å²) in [7, 11) is 3.00. The van der Waals surface area contributed by atoms with Crippen molar-refractivity contribution in [3.05, 3.63) is 102 Å². The van der Waals surface area contributed by atoms with Gasteiger partial charge in [-0.25, -0.2) is 0 Å². The van der Waals surface area contributed by atoms with Crippen molar-refractivity contribution in [3.8, 4) is 5.75 Å². The van der Waals surface area contributed by atoms with Crippen LogP contribution in [0.2, 0.25) is 0 Å². The zero-order chi connectivity index (χ0) is 23.9. The topological polar surface area (TPSA) is 67.9 Å². The number of benzene rings is 3. The smallest absolute Gasteiger partial charge is 0.323 e. The largest absolute Gasteiger partial charge is 0.497 e. The third-order valence-corrected chi connectivity index (χ3v) is 6.39. The number of carbonyl (C=O) groups excluding carboxylic acids is 2. The first-order chi connectivity index (χ1) is 16.6. The van der Waals surface area contributed by atoms with E-state index in [9.17, 15) is 9.59 Å². The first kappa shape index (κ1) is 23.5. The SMILES string of the molecule is COC(=O)[C@@H]1C[C@@H](NC(=O)c2ccc(OC)cc2)CN1CC(c1ccccc1)c1ccccc1. The molecule has 1 fully saturated rings. The molecule has 1 amide bonds. The molecule has 1 aliphatic rings. The average Bonchev–Trinajstić information content (AvgIpc) is 3.29. The van der Waals surface area contributed by atoms with Crippen LogP contribution in [0.5, 0.6) is 5.75 Å². The van der Waals surface area contributed by atoms with E-state index in [0.717, 1.165) is 0 Å². The highest BCUT2D eigenvalue weighted by Crippen LogP contribution is 2.29. The molecule has 0 saturated carbocycles. The summed E-state index contributed by atoms with van der Waals surface area (Å²) in [6.45, 7) is 1.21. The van der Waals surface area contributed by atoms with Crippen LogP contribution in [-0.2, 0) is 9.53 Å². The Morgan fingerprint density at radius 1 is 0.912 bits per heavy atom. The zero-order valence-electron chi connectivity index (χ0n) is 19.5. The molecule has 0 unspecified atom stereocenters. The number of likely N-dealkylation sites (tertiary alicyclic amines) is 1. The van der Waals surface area contributed by atoms with Crippen LogP contribution in [0.15, 0.2) is 84.9 Å². The van der Waals surface area contributed by atoms with Gasteiger partial charge in [0.1, 0.15) is 11.8 Å². The first-order valence-corrected chi connectivity index (χ1v) is 11.5. The van der Waals surface area contributed by atoms with Crippen LogP contribution in [-0.4, -0.2) is 56.2 Å². The van der Waals surface area contributed by atoms with Gasteiger partial charge in [-0.3, -0.25) is 14.5 Å². The van der Waals surface area contributed by atoms with Crippen LogP contribution in [0.4, 0.5) is 0 Å². The molecule has 1 saturated heterocycles. The summed E-state index contributed by atoms with van der Waals surface area (Å²) < 4.78 is 10.3. The molecule has 0 bridgehead atoms. The minimum Gasteiger partial charge on any atom is -0.497 e. The van der Waals surface area contributed by atoms with Crippen LogP contribution in [0.1, 0.15) is 33.8 Å². The van der Waals surface area contributed by atoms with Gasteiger partial charge in [-0.1, -0.05) is 60.7 Å². The monoisotopic (exact) mass is 458 g/mol. The van der Waals surface area contributed by atoms with E-state index in [2.05, 4.69) is 34.5 Å². The summed E-state index contributed by atoms with van der Waals surface area (Å²) in [4.78, 5) is 27.6. The van der Waals surface area contributed by atoms with Crippen LogP contribution in [0.3, 0.4) is 0 Å². The Morgan fingerprint density at radius 2 is 1.50 bits per heavy atom. The molecule has 6 nitrogen and oxygen atoms in total. The molecule has 0 spiro atoms. The third-order valence-electron chi connectivity index (χ3n) is 6.39. The first-order valence-electron chi connectivity index (χ1n) is 11.5. The van der Waals surface area contributed by atoms with E-state index < -0.39 is 6.04 Å². The van der Waals surface area contributed by atoms with Crippen LogP contribution in [0.25, 0.3) is 0 Å². The van der Waals surface area contributed by atoms with Crippen LogP contribution >= 0.6 is 0 Å². The summed E-state index contributed by atoms with van der Waals surface area (Å²) in [5.41, 5.74) is 2.92. The maximum absolute atomic E-state index is 12.8. The molecule has 2 atom stereocenters. The van der Waals surface area contributed by atoms with E-state index in [-0.39, 0.29) is 23.8 Å². The summed E-state index contributed by atoms with van der Waals surface area (Å²) in [5.74, 6) is 0.342. The highest BCUT2D eigenvalue weighted by Gasteiger charge is 2.39. The summed E-state index contributed by atoms with van der Waals surface area (Å²) in [6.07, 6.45) is 0.505. The van der Waals surface area contributed by atoms with Gasteiger partial charge in [-0.2, -0.15) is 0 Å². The van der Waals surface area contributed by atoms with Gasteiger partial charge in [0, 0.05) is 30.6 Å². The zero-order valence-corrected chi connectivity index (χ0v) is 19.5. The lowest BCUT2D eigenvalue weighted by atomic mass is 9.90. The average molecular weight is 459 g/mol. The van der Waals surface area contributed by atoms with Crippen LogP contribution < -0.4 is 10.1 Å². The molecular weight excluding hydrogens is 428 g/mol. The van der Waals surface area contributed by atoms with Crippen molar-refractivity contribution < 1.29 is 19.1 Å². The molecule has 3 aromatic carbocycles. The lowest BCUT2D eigenvalue weighted by molar-refractivity contribution is -0.145. The Hall–Kier alpha value is -3.64. The van der Waals surface area contributed by atoms with E-state index in [0.29, 0.717) is 30.8 Å². The minimum atomic E-state index is -0.416. The van der Waals surface area contributed by atoms with Gasteiger partial charge < -0.3 is 14.8 Å². The molecular formula is C28H30N2O4. The molecule has 1 aliphatic heterocycles. The van der Waals surface area contributed by atoms with E-state index in [1.807, 2.05) is 36.4 Å². The number of rotatable bonds is 8. The van der Waals surface area contributed by atoms with Crippen LogP contribution in [0, 0.1) is 0 Å². The molecule has 176 valence electrons. The number of hydrogen-bond acceptors (Lipinski definition) is 5. The van der Waals surface area contributed by atoms with E-state index in [1.54, 1.807) is 31.4 Å². The number of esters is 1. The molecule has 3 aromatic rings. The predicted molar refractivity (Wildman–Crippen MR) is 131 cm³/mol. The molecule has 0 aromatic heterocycles. The number of hydrogen-bond donors (Lipinski definition) is 1. The fourth-order valence-electron chi connectivity index (χ4n) is 4.61. The van der Waals surface area contributed by atoms with E-state index in [4.69, 9.17) is 9.47 Å². The Balaban J connectivity index is 1.53. The molecule has 0 radical (unpaired) electrons. The molecule has 1 heterocycles. The van der Waals surface area contributed by atoms with Gasteiger partial charge in [-0.15, -0.1) is 0 Å². The van der Waals surface area contributed by atoms with Gasteiger partial charge in [0.05, 0.1) is 14.2 Å². The van der Waals surface area contributed by atoms with Crippen molar-refractivity contribution in [1.82, 2.24) is 10.2 Å². The van der Waals surface area contributed by atoms with Crippen molar-refractivity contribution in [2.24, 2.45) is 0 Å². The Kier molecular flexibility index (Phi) is 7.60. The fourth-order valence-corrected chi connectivity index (χ4v) is 4.61. The lowest BCUT2D eigenvalue weighted by Crippen LogP contribution is -2.40. The number of ether oxygens (including phenoxy) is 2. The number of amides is 1. The van der Waals surface area contributed by atoms with Gasteiger partial charge in [0.2, 0.25) is 0 Å². The molecule has 6 heteroatoms. The quantitative estimate of drug-likeness (QED) is 0.519. The molecule has 1 N–H and O–H groups in total. The number of carbonyl (C=O) groups is 2. The van der Waals surface area contributed by atoms with Crippen molar-refractivity contribution in [1.29, 1.82) is 0 Å². The number of methoxy groups -OCH3 is 2. The number of nitrogens with zero attached hydrogens (tertiary/aromatic N) is 1. The van der Waals surface area contributed by atoms with Gasteiger partial charge >= 0.3 is 5.97 Å². The van der Waals surface area contributed by atoms with Gasteiger partial charge in [0.15, 0.2) is 0 Å². The maximum Gasteiger partial charge on any atom is 0.323 e. The van der Waals surface area contributed by atoms with Gasteiger partial charge in [0.25, 0.3) is 5.91 Å². The normalized spacial score (nSPS) is 18.0. The molecule has 34 heavy (non-hydrogen) atoms. The summed E-state index contributed by atoms with van der Waals surface area (Å²) in [5, 5.41) is 3.10. The fraction of sp³-hybridized carbons (Fsp3) is 0.286. The Labute approximate surface area is 200 Å². The highest BCUT2D eigenvalue weighted by atomic mass is 16.5. The predicted octanol–water partition coefficient (Wildman–Crippen LogP) is 3.87. The van der Waals surface area contributed by atoms with Crippen molar-refractivity contribution in [2.75, 3.05) is 27.3 Å². The third kappa shape index (κ3) is 5.46. The maximum atomic E-state index is 12.8. The lowest BCUT2D eigenvalue weighted by Gasteiger charge is -2.28. The Morgan fingerprint density at radius 3 is 2.03 bits per heavy atom. The second kappa shape index (κ2) is 11.0. The van der Waals surface area contributed by atoms with Crippen molar-refractivity contribution in [2.45, 2.75) is 24.4 Å². The standard InChI is InChI=1S/C28H30N2O4/c1-33-24-15-13-22(14-16-24)27(31)29-23-17-26(28(32)34-2)30(18-23)19-25(20-9-5-3-6-10-20)21-11-7-4-8-12-21/h3-16,23,25-26H,17-19H2,1-2H3,(H,29,31)/t23-,26+/m1/s1. The summed E-state index contributed by atoms with van der Waals surface area (Å²) in [6, 6.07) is 27.0. The van der Waals surface area contributed by atoms with Crippen molar-refractivity contribution in [3.63, 3.8) is 0 Å². The second-order valence-corrected chi connectivity index (χ2v) is 8.50. The van der Waals surface area contributed by atoms with Gasteiger partial charge in [-0.05, 0) is 41.8 Å². The molecule has 0 aliphatic carbocycles. The number of nitrogens with one attached hydrogen (secondary N) is 1. The second-order valence-electron chi connectivity index (χ2n) is 8.50. The van der Waals surface area contributed by atoms with E-state index in [1.165, 1.54) is 18.2 Å². The summed E-state index contributed by atoms with van der Waals surface area (Å²) >= 11 is 0.